The minimum atomic E-state index is -0.649. The molecule has 1 amide bonds. The molecule has 4 nitrogen and oxygen atoms in total. The van der Waals surface area contributed by atoms with Crippen LogP contribution in [0.15, 0.2) is 80.4 Å². The van der Waals surface area contributed by atoms with Crippen molar-refractivity contribution in [1.29, 1.82) is 0 Å². The maximum atomic E-state index is 13.5. The molecule has 0 unspecified atom stereocenters. The second-order valence-electron chi connectivity index (χ2n) is 7.33. The maximum absolute atomic E-state index is 13.5. The molecule has 0 aliphatic carbocycles. The Morgan fingerprint density at radius 2 is 1.71 bits per heavy atom. The number of hydrogen-bond donors (Lipinski definition) is 0. The van der Waals surface area contributed by atoms with Gasteiger partial charge in [-0.3, -0.25) is 9.59 Å². The molecule has 0 bridgehead atoms. The van der Waals surface area contributed by atoms with Crippen LogP contribution in [0, 0.1) is 5.82 Å². The van der Waals surface area contributed by atoms with Crippen LogP contribution >= 0.6 is 27.5 Å². The molecule has 2 heterocycles. The number of amides is 1. The third-order valence-electron chi connectivity index (χ3n) is 5.38. The molecule has 0 N–H and O–H groups in total. The molecule has 1 aromatic heterocycles. The number of carbonyl (C=O) groups is 1. The van der Waals surface area contributed by atoms with Crippen LogP contribution in [-0.2, 0) is 6.54 Å². The van der Waals surface area contributed by atoms with Crippen LogP contribution in [0.25, 0.3) is 11.0 Å². The van der Waals surface area contributed by atoms with Gasteiger partial charge in [0, 0.05) is 16.0 Å². The van der Waals surface area contributed by atoms with Crippen LogP contribution in [0.1, 0.15) is 33.3 Å². The Labute approximate surface area is 190 Å². The molecular weight excluding hydrogens is 485 g/mol. The standard InChI is InChI=1S/C24H14BrClFNO3/c25-15-5-10-19-18(11-15)22(29)20-21(14-3-6-16(26)7-4-14)28(24(30)23(20)31-19)12-13-1-8-17(27)9-2-13/h1-11,21H,12H2/t21-/m1/s1. The number of halogens is 3. The van der Waals surface area contributed by atoms with Crippen molar-refractivity contribution in [1.82, 2.24) is 4.90 Å². The molecule has 0 saturated heterocycles. The highest BCUT2D eigenvalue weighted by molar-refractivity contribution is 9.10. The number of fused-ring (bicyclic) bond motifs is 2. The number of hydrogen-bond acceptors (Lipinski definition) is 3. The average molecular weight is 499 g/mol. The zero-order valence-corrected chi connectivity index (χ0v) is 18.3. The Kier molecular flexibility index (Phi) is 4.91. The van der Waals surface area contributed by atoms with Gasteiger partial charge in [-0.1, -0.05) is 51.8 Å². The highest BCUT2D eigenvalue weighted by Gasteiger charge is 2.42. The lowest BCUT2D eigenvalue weighted by Crippen LogP contribution is -2.29. The van der Waals surface area contributed by atoms with Crippen LogP contribution in [-0.4, -0.2) is 10.8 Å². The molecule has 1 aliphatic rings. The summed E-state index contributed by atoms with van der Waals surface area (Å²) in [6.45, 7) is 0.191. The van der Waals surface area contributed by atoms with Gasteiger partial charge in [-0.05, 0) is 53.6 Å². The minimum Gasteiger partial charge on any atom is -0.450 e. The van der Waals surface area contributed by atoms with E-state index in [1.807, 2.05) is 0 Å². The fraction of sp³-hybridized carbons (Fsp3) is 0.0833. The van der Waals surface area contributed by atoms with Gasteiger partial charge in [-0.25, -0.2) is 4.39 Å². The SMILES string of the molecule is O=C1c2oc3ccc(Br)cc3c(=O)c2[C@@H](c2ccc(Cl)cc2)N1Cc1ccc(F)cc1. The number of rotatable bonds is 3. The first kappa shape index (κ1) is 20.0. The molecule has 0 saturated carbocycles. The van der Waals surface area contributed by atoms with Crippen molar-refractivity contribution in [3.8, 4) is 0 Å². The van der Waals surface area contributed by atoms with Crippen LogP contribution < -0.4 is 5.43 Å². The Balaban J connectivity index is 1.72. The summed E-state index contributed by atoms with van der Waals surface area (Å²) in [5, 5.41) is 0.941. The second kappa shape index (κ2) is 7.62. The Morgan fingerprint density at radius 3 is 2.42 bits per heavy atom. The van der Waals surface area contributed by atoms with E-state index in [0.29, 0.717) is 21.6 Å². The van der Waals surface area contributed by atoms with E-state index in [0.717, 1.165) is 15.6 Å². The van der Waals surface area contributed by atoms with Gasteiger partial charge in [0.2, 0.25) is 5.76 Å². The maximum Gasteiger partial charge on any atom is 0.291 e. The summed E-state index contributed by atoms with van der Waals surface area (Å²) in [6, 6.07) is 17.4. The fourth-order valence-electron chi connectivity index (χ4n) is 3.93. The molecule has 7 heteroatoms. The van der Waals surface area contributed by atoms with Crippen molar-refractivity contribution in [2.24, 2.45) is 0 Å². The summed E-state index contributed by atoms with van der Waals surface area (Å²) < 4.78 is 20.0. The van der Waals surface area contributed by atoms with Gasteiger partial charge in [0.05, 0.1) is 17.0 Å². The van der Waals surface area contributed by atoms with E-state index in [9.17, 15) is 14.0 Å². The van der Waals surface area contributed by atoms with Gasteiger partial charge in [0.25, 0.3) is 5.91 Å². The summed E-state index contributed by atoms with van der Waals surface area (Å²) in [4.78, 5) is 28.4. The first-order valence-corrected chi connectivity index (χ1v) is 10.7. The molecule has 1 aliphatic heterocycles. The van der Waals surface area contributed by atoms with Crippen molar-refractivity contribution in [3.63, 3.8) is 0 Å². The molecule has 5 rings (SSSR count). The van der Waals surface area contributed by atoms with Crippen LogP contribution in [0.2, 0.25) is 5.02 Å². The lowest BCUT2D eigenvalue weighted by Gasteiger charge is -2.25. The van der Waals surface area contributed by atoms with Gasteiger partial charge in [0.1, 0.15) is 11.4 Å². The fourth-order valence-corrected chi connectivity index (χ4v) is 4.42. The summed E-state index contributed by atoms with van der Waals surface area (Å²) in [6.07, 6.45) is 0. The summed E-state index contributed by atoms with van der Waals surface area (Å²) in [5.74, 6) is -0.717. The smallest absolute Gasteiger partial charge is 0.291 e. The summed E-state index contributed by atoms with van der Waals surface area (Å²) >= 11 is 9.44. The quantitative estimate of drug-likeness (QED) is 0.343. The topological polar surface area (TPSA) is 50.5 Å². The van der Waals surface area contributed by atoms with Gasteiger partial charge in [-0.2, -0.15) is 0 Å². The van der Waals surface area contributed by atoms with Crippen LogP contribution in [0.4, 0.5) is 4.39 Å². The molecular formula is C24H14BrClFNO3. The van der Waals surface area contributed by atoms with E-state index in [4.69, 9.17) is 16.0 Å². The van der Waals surface area contributed by atoms with Gasteiger partial charge < -0.3 is 9.32 Å². The molecule has 0 spiro atoms. The molecule has 31 heavy (non-hydrogen) atoms. The molecule has 3 aromatic carbocycles. The lowest BCUT2D eigenvalue weighted by molar-refractivity contribution is 0.0714. The van der Waals surface area contributed by atoms with Crippen molar-refractivity contribution >= 4 is 44.4 Å². The molecule has 0 fully saturated rings. The van der Waals surface area contributed by atoms with Crippen molar-refractivity contribution < 1.29 is 13.6 Å². The Bertz CT molecular complexity index is 1380. The minimum absolute atomic E-state index is 0.0295. The zero-order valence-electron chi connectivity index (χ0n) is 15.9. The van der Waals surface area contributed by atoms with E-state index in [1.165, 1.54) is 12.1 Å². The van der Waals surface area contributed by atoms with E-state index in [2.05, 4.69) is 15.9 Å². The van der Waals surface area contributed by atoms with E-state index in [1.54, 1.807) is 59.5 Å². The van der Waals surface area contributed by atoms with Crippen LogP contribution in [0.3, 0.4) is 0 Å². The third kappa shape index (κ3) is 3.46. The predicted octanol–water partition coefficient (Wildman–Crippen LogP) is 6.09. The second-order valence-corrected chi connectivity index (χ2v) is 8.68. The highest BCUT2D eigenvalue weighted by Crippen LogP contribution is 2.39. The largest absolute Gasteiger partial charge is 0.450 e. The Hall–Kier alpha value is -2.96. The summed E-state index contributed by atoms with van der Waals surface area (Å²) in [7, 11) is 0. The Morgan fingerprint density at radius 1 is 1.00 bits per heavy atom. The van der Waals surface area contributed by atoms with E-state index < -0.39 is 6.04 Å². The number of carbonyl (C=O) groups excluding carboxylic acids is 1. The first-order chi connectivity index (χ1) is 14.9. The van der Waals surface area contributed by atoms with Crippen molar-refractivity contribution in [3.05, 3.63) is 115 Å². The lowest BCUT2D eigenvalue weighted by atomic mass is 9.98. The zero-order chi connectivity index (χ0) is 21.7. The van der Waals surface area contributed by atoms with E-state index >= 15 is 0 Å². The van der Waals surface area contributed by atoms with Crippen molar-refractivity contribution in [2.75, 3.05) is 0 Å². The molecule has 0 radical (unpaired) electrons. The van der Waals surface area contributed by atoms with Crippen LogP contribution in [0.5, 0.6) is 0 Å². The number of nitrogens with zero attached hydrogens (tertiary/aromatic N) is 1. The summed E-state index contributed by atoms with van der Waals surface area (Å²) in [5.41, 5.74) is 1.85. The molecule has 1 atom stereocenters. The molecule has 4 aromatic rings. The third-order valence-corrected chi connectivity index (χ3v) is 6.12. The normalized spacial score (nSPS) is 15.5. The highest BCUT2D eigenvalue weighted by atomic mass is 79.9. The van der Waals surface area contributed by atoms with E-state index in [-0.39, 0.29) is 29.5 Å². The first-order valence-electron chi connectivity index (χ1n) is 9.49. The average Bonchev–Trinajstić information content (AvgIpc) is 3.03. The van der Waals surface area contributed by atoms with Crippen molar-refractivity contribution in [2.45, 2.75) is 12.6 Å². The predicted molar refractivity (Wildman–Crippen MR) is 120 cm³/mol. The number of benzene rings is 3. The van der Waals surface area contributed by atoms with Gasteiger partial charge >= 0.3 is 0 Å². The van der Waals surface area contributed by atoms with Gasteiger partial charge in [-0.15, -0.1) is 0 Å². The van der Waals surface area contributed by atoms with Gasteiger partial charge in [0.15, 0.2) is 5.43 Å². The monoisotopic (exact) mass is 497 g/mol. The molecule has 154 valence electrons.